The van der Waals surface area contributed by atoms with Gasteiger partial charge >= 0.3 is 6.03 Å². The van der Waals surface area contributed by atoms with Crippen molar-refractivity contribution in [2.24, 2.45) is 15.9 Å². The number of fused-ring (bicyclic) bond motifs is 1. The van der Waals surface area contributed by atoms with Crippen LogP contribution in [0.1, 0.15) is 37.8 Å². The van der Waals surface area contributed by atoms with Crippen LogP contribution in [-0.2, 0) is 4.74 Å². The fourth-order valence-electron chi connectivity index (χ4n) is 3.95. The van der Waals surface area contributed by atoms with Crippen LogP contribution in [0.15, 0.2) is 40.3 Å². The van der Waals surface area contributed by atoms with Crippen LogP contribution < -0.4 is 10.6 Å². The van der Waals surface area contributed by atoms with Gasteiger partial charge in [-0.1, -0.05) is 30.3 Å². The van der Waals surface area contributed by atoms with Gasteiger partial charge in [-0.15, -0.1) is 0 Å². The highest BCUT2D eigenvalue weighted by atomic mass is 16.5. The summed E-state index contributed by atoms with van der Waals surface area (Å²) in [7, 11) is 0. The third-order valence-electron chi connectivity index (χ3n) is 5.76. The number of carbonyl (C=O) groups is 1. The molecule has 7 nitrogen and oxygen atoms in total. The van der Waals surface area contributed by atoms with E-state index in [9.17, 15) is 4.79 Å². The molecule has 1 aromatic rings. The van der Waals surface area contributed by atoms with Gasteiger partial charge in [-0.05, 0) is 31.7 Å². The summed E-state index contributed by atoms with van der Waals surface area (Å²) in [5.41, 5.74) is 2.18. The van der Waals surface area contributed by atoms with Crippen LogP contribution in [0.4, 0.5) is 4.79 Å². The molecule has 3 aliphatic rings. The molecule has 3 aliphatic heterocycles. The number of nitrogens with one attached hydrogen (secondary N) is 2. The van der Waals surface area contributed by atoms with Crippen LogP contribution in [-0.4, -0.2) is 61.5 Å². The molecule has 2 atom stereocenters. The molecular weight excluding hydrogens is 354 g/mol. The van der Waals surface area contributed by atoms with Gasteiger partial charge in [-0.2, -0.15) is 0 Å². The summed E-state index contributed by atoms with van der Waals surface area (Å²) in [4.78, 5) is 24.0. The number of likely N-dealkylation sites (tertiary alicyclic amines) is 1. The molecule has 0 aliphatic carbocycles. The van der Waals surface area contributed by atoms with Crippen molar-refractivity contribution in [2.45, 2.75) is 38.3 Å². The van der Waals surface area contributed by atoms with E-state index >= 15 is 0 Å². The van der Waals surface area contributed by atoms with E-state index in [0.717, 1.165) is 62.8 Å². The van der Waals surface area contributed by atoms with Crippen molar-refractivity contribution in [3.63, 3.8) is 0 Å². The predicted molar refractivity (Wildman–Crippen MR) is 110 cm³/mol. The Morgan fingerprint density at radius 1 is 1.21 bits per heavy atom. The Bertz CT molecular complexity index is 742. The van der Waals surface area contributed by atoms with Crippen molar-refractivity contribution in [3.8, 4) is 0 Å². The predicted octanol–water partition coefficient (Wildman–Crippen LogP) is 2.36. The quantitative estimate of drug-likeness (QED) is 0.841. The second kappa shape index (κ2) is 8.73. The lowest BCUT2D eigenvalue weighted by Crippen LogP contribution is -2.51. The lowest BCUT2D eigenvalue weighted by Gasteiger charge is -2.35. The highest BCUT2D eigenvalue weighted by Gasteiger charge is 2.31. The minimum atomic E-state index is -0.0287. The van der Waals surface area contributed by atoms with Crippen LogP contribution in [0, 0.1) is 5.92 Å². The molecule has 1 aromatic carbocycles. The van der Waals surface area contributed by atoms with E-state index in [4.69, 9.17) is 9.73 Å². The molecule has 0 spiro atoms. The number of nitrogens with zero attached hydrogens (tertiary/aromatic N) is 3. The first kappa shape index (κ1) is 18.9. The molecule has 2 N–H and O–H groups in total. The molecule has 0 aromatic heterocycles. The Hall–Kier alpha value is -2.41. The van der Waals surface area contributed by atoms with Gasteiger partial charge in [-0.3, -0.25) is 4.99 Å². The molecule has 3 heterocycles. The van der Waals surface area contributed by atoms with Crippen LogP contribution in [0.5, 0.6) is 0 Å². The Labute approximate surface area is 166 Å². The SMILES string of the molecule is CC(NC(=O)N1CCC2CN=C(NC3CCOCC3)N=C2C1)c1ccccc1. The van der Waals surface area contributed by atoms with E-state index in [0.29, 0.717) is 18.5 Å². The Morgan fingerprint density at radius 3 is 2.79 bits per heavy atom. The fraction of sp³-hybridized carbons (Fsp3) is 0.571. The maximum atomic E-state index is 12.8. The zero-order valence-corrected chi connectivity index (χ0v) is 16.4. The van der Waals surface area contributed by atoms with Crippen molar-refractivity contribution in [1.29, 1.82) is 0 Å². The second-order valence-electron chi connectivity index (χ2n) is 7.79. The van der Waals surface area contributed by atoms with Gasteiger partial charge < -0.3 is 20.3 Å². The maximum Gasteiger partial charge on any atom is 0.318 e. The Balaban J connectivity index is 1.35. The standard InChI is InChI=1S/C21H29N5O2/c1-15(16-5-3-2-4-6-16)23-21(27)26-10-7-17-13-22-20(25-19(17)14-26)24-18-8-11-28-12-9-18/h2-6,15,17-18H,7-14H2,1H3,(H,22,24)(H,23,27). The molecule has 2 unspecified atom stereocenters. The van der Waals surface area contributed by atoms with E-state index in [1.165, 1.54) is 0 Å². The number of urea groups is 1. The van der Waals surface area contributed by atoms with Crippen molar-refractivity contribution >= 4 is 17.7 Å². The molecule has 28 heavy (non-hydrogen) atoms. The number of hydrogen-bond acceptors (Lipinski definition) is 5. The fourth-order valence-corrected chi connectivity index (χ4v) is 3.95. The molecule has 2 amide bonds. The Kier molecular flexibility index (Phi) is 5.90. The number of piperidine rings is 1. The summed E-state index contributed by atoms with van der Waals surface area (Å²) in [5.74, 6) is 1.08. The first-order valence-corrected chi connectivity index (χ1v) is 10.3. The first-order valence-electron chi connectivity index (χ1n) is 10.3. The number of rotatable bonds is 3. The van der Waals surface area contributed by atoms with Gasteiger partial charge in [0.05, 0.1) is 19.1 Å². The summed E-state index contributed by atoms with van der Waals surface area (Å²) in [6.07, 6.45) is 2.89. The lowest BCUT2D eigenvalue weighted by atomic mass is 9.94. The van der Waals surface area contributed by atoms with Gasteiger partial charge in [-0.25, -0.2) is 9.79 Å². The summed E-state index contributed by atoms with van der Waals surface area (Å²) >= 11 is 0. The van der Waals surface area contributed by atoms with Crippen molar-refractivity contribution in [1.82, 2.24) is 15.5 Å². The third-order valence-corrected chi connectivity index (χ3v) is 5.76. The number of guanidine groups is 1. The number of carbonyl (C=O) groups excluding carboxylic acids is 1. The highest BCUT2D eigenvalue weighted by molar-refractivity contribution is 6.02. The zero-order chi connectivity index (χ0) is 19.3. The van der Waals surface area contributed by atoms with Gasteiger partial charge in [0.1, 0.15) is 0 Å². The second-order valence-corrected chi connectivity index (χ2v) is 7.79. The number of hydrogen-bond donors (Lipinski definition) is 2. The van der Waals surface area contributed by atoms with Crippen LogP contribution in [0.3, 0.4) is 0 Å². The summed E-state index contributed by atoms with van der Waals surface area (Å²) in [5, 5.41) is 6.56. The monoisotopic (exact) mass is 383 g/mol. The van der Waals surface area contributed by atoms with Crippen molar-refractivity contribution < 1.29 is 9.53 Å². The largest absolute Gasteiger partial charge is 0.381 e. The van der Waals surface area contributed by atoms with E-state index in [1.807, 2.05) is 42.2 Å². The molecule has 4 rings (SSSR count). The number of amides is 2. The van der Waals surface area contributed by atoms with E-state index in [2.05, 4.69) is 15.6 Å². The van der Waals surface area contributed by atoms with Crippen LogP contribution in [0.25, 0.3) is 0 Å². The maximum absolute atomic E-state index is 12.8. The third kappa shape index (κ3) is 4.52. The van der Waals surface area contributed by atoms with Crippen molar-refractivity contribution in [3.05, 3.63) is 35.9 Å². The van der Waals surface area contributed by atoms with Gasteiger partial charge in [0.15, 0.2) is 0 Å². The van der Waals surface area contributed by atoms with Gasteiger partial charge in [0.25, 0.3) is 0 Å². The molecule has 0 radical (unpaired) electrons. The summed E-state index contributed by atoms with van der Waals surface area (Å²) in [6.45, 7) is 5.68. The number of benzene rings is 1. The summed E-state index contributed by atoms with van der Waals surface area (Å²) in [6, 6.07) is 10.4. The molecule has 2 fully saturated rings. The first-order chi connectivity index (χ1) is 13.7. The Morgan fingerprint density at radius 2 is 2.00 bits per heavy atom. The average Bonchev–Trinajstić information content (AvgIpc) is 2.74. The molecule has 150 valence electrons. The highest BCUT2D eigenvalue weighted by Crippen LogP contribution is 2.20. The van der Waals surface area contributed by atoms with Gasteiger partial charge in [0, 0.05) is 37.4 Å². The van der Waals surface area contributed by atoms with E-state index < -0.39 is 0 Å². The molecule has 2 saturated heterocycles. The smallest absolute Gasteiger partial charge is 0.318 e. The van der Waals surface area contributed by atoms with Gasteiger partial charge in [0.2, 0.25) is 5.96 Å². The average molecular weight is 383 g/mol. The minimum absolute atomic E-state index is 0.0213. The molecule has 7 heteroatoms. The number of aliphatic imine (C=N–C) groups is 2. The van der Waals surface area contributed by atoms with Crippen LogP contribution in [0.2, 0.25) is 0 Å². The number of ether oxygens (including phenoxy) is 1. The topological polar surface area (TPSA) is 78.3 Å². The lowest BCUT2D eigenvalue weighted by molar-refractivity contribution is 0.0823. The van der Waals surface area contributed by atoms with E-state index in [1.54, 1.807) is 0 Å². The summed E-state index contributed by atoms with van der Waals surface area (Å²) < 4.78 is 5.41. The molecule has 0 saturated carbocycles. The van der Waals surface area contributed by atoms with E-state index in [-0.39, 0.29) is 12.1 Å². The van der Waals surface area contributed by atoms with Crippen molar-refractivity contribution in [2.75, 3.05) is 32.8 Å². The zero-order valence-electron chi connectivity index (χ0n) is 16.4. The normalized spacial score (nSPS) is 23.9. The molecule has 0 bridgehead atoms. The minimum Gasteiger partial charge on any atom is -0.381 e. The molecular formula is C21H29N5O2. The van der Waals surface area contributed by atoms with Crippen LogP contribution >= 0.6 is 0 Å².